The summed E-state index contributed by atoms with van der Waals surface area (Å²) in [7, 11) is -6.68. The summed E-state index contributed by atoms with van der Waals surface area (Å²) in [5, 5.41) is -0.403. The number of piperidine rings is 1. The van der Waals surface area contributed by atoms with Crippen LogP contribution in [0.1, 0.15) is 49.7 Å². The largest absolute Gasteiger partial charge is 0.243 e. The van der Waals surface area contributed by atoms with Crippen LogP contribution in [0, 0.1) is 0 Å². The van der Waals surface area contributed by atoms with Crippen molar-refractivity contribution in [3.8, 4) is 0 Å². The van der Waals surface area contributed by atoms with Gasteiger partial charge in [-0.3, -0.25) is 0 Å². The molecule has 7 heteroatoms. The number of hydrogen-bond acceptors (Lipinski definition) is 4. The van der Waals surface area contributed by atoms with E-state index in [1.54, 1.807) is 10.4 Å². The number of rotatable bonds is 3. The van der Waals surface area contributed by atoms with Gasteiger partial charge < -0.3 is 0 Å². The van der Waals surface area contributed by atoms with Crippen LogP contribution in [0.15, 0.2) is 23.1 Å². The molecule has 1 aliphatic carbocycles. The molecule has 2 heterocycles. The maximum Gasteiger partial charge on any atom is 0.243 e. The summed E-state index contributed by atoms with van der Waals surface area (Å²) in [5.41, 5.74) is 2.43. The fourth-order valence-electron chi connectivity index (χ4n) is 4.82. The molecular weight excluding hydrogens is 358 g/mol. The summed E-state index contributed by atoms with van der Waals surface area (Å²) < 4.78 is 52.0. The van der Waals surface area contributed by atoms with Crippen molar-refractivity contribution < 1.29 is 16.8 Å². The van der Waals surface area contributed by atoms with Gasteiger partial charge in [-0.2, -0.15) is 4.31 Å². The maximum atomic E-state index is 13.3. The van der Waals surface area contributed by atoms with Gasteiger partial charge in [0.05, 0.1) is 10.1 Å². The Kier molecular flexibility index (Phi) is 4.24. The van der Waals surface area contributed by atoms with E-state index in [1.165, 1.54) is 18.2 Å². The molecule has 0 radical (unpaired) electrons. The minimum atomic E-state index is -3.56. The summed E-state index contributed by atoms with van der Waals surface area (Å²) in [4.78, 5) is 0.378. The van der Waals surface area contributed by atoms with Crippen LogP contribution in [0.3, 0.4) is 0 Å². The van der Waals surface area contributed by atoms with Crippen LogP contribution in [0.5, 0.6) is 0 Å². The second-order valence-corrected chi connectivity index (χ2v) is 11.9. The number of nitrogens with zero attached hydrogens (tertiary/aromatic N) is 1. The first-order valence-corrected chi connectivity index (χ1v) is 12.5. The summed E-state index contributed by atoms with van der Waals surface area (Å²) in [6.07, 6.45) is 7.91. The normalized spacial score (nSPS) is 30.2. The predicted octanol–water partition coefficient (Wildman–Crippen LogP) is 2.29. The first-order chi connectivity index (χ1) is 11.8. The minimum absolute atomic E-state index is 0.181. The second kappa shape index (κ2) is 6.06. The van der Waals surface area contributed by atoms with E-state index in [1.807, 2.05) is 12.1 Å². The number of sulfone groups is 1. The molecule has 2 saturated heterocycles. The SMILES string of the molecule is CS(=O)(=O)C1CC2CCC(C1)N2S(=O)(=O)c1ccc2c(c1)CCCC2. The van der Waals surface area contributed by atoms with Crippen LogP contribution in [-0.4, -0.2) is 44.7 Å². The number of aryl methyl sites for hydroxylation is 2. The van der Waals surface area contributed by atoms with Gasteiger partial charge in [0.2, 0.25) is 10.0 Å². The van der Waals surface area contributed by atoms with Gasteiger partial charge in [-0.25, -0.2) is 16.8 Å². The molecule has 2 atom stereocenters. The third kappa shape index (κ3) is 3.04. The first kappa shape index (κ1) is 17.5. The fourth-order valence-corrected chi connectivity index (χ4v) is 7.90. The zero-order valence-corrected chi connectivity index (χ0v) is 16.2. The van der Waals surface area contributed by atoms with E-state index in [4.69, 9.17) is 0 Å². The zero-order chi connectivity index (χ0) is 17.8. The molecule has 0 aromatic heterocycles. The molecule has 4 rings (SSSR count). The predicted molar refractivity (Wildman–Crippen MR) is 96.8 cm³/mol. The van der Waals surface area contributed by atoms with Crippen LogP contribution in [0.2, 0.25) is 0 Å². The van der Waals surface area contributed by atoms with Gasteiger partial charge in [0.25, 0.3) is 0 Å². The van der Waals surface area contributed by atoms with Gasteiger partial charge in [-0.15, -0.1) is 0 Å². The highest BCUT2D eigenvalue weighted by atomic mass is 32.2. The summed E-state index contributed by atoms with van der Waals surface area (Å²) in [6, 6.07) is 5.19. The van der Waals surface area contributed by atoms with Gasteiger partial charge >= 0.3 is 0 Å². The molecule has 25 heavy (non-hydrogen) atoms. The average molecular weight is 384 g/mol. The molecule has 2 fully saturated rings. The summed E-state index contributed by atoms with van der Waals surface area (Å²) >= 11 is 0. The van der Waals surface area contributed by atoms with E-state index in [9.17, 15) is 16.8 Å². The first-order valence-electron chi connectivity index (χ1n) is 9.11. The number of fused-ring (bicyclic) bond motifs is 3. The van der Waals surface area contributed by atoms with E-state index in [2.05, 4.69) is 0 Å². The van der Waals surface area contributed by atoms with Crippen molar-refractivity contribution in [1.29, 1.82) is 0 Å². The van der Waals surface area contributed by atoms with E-state index >= 15 is 0 Å². The van der Waals surface area contributed by atoms with Crippen LogP contribution in [-0.2, 0) is 32.7 Å². The number of hydrogen-bond donors (Lipinski definition) is 0. The average Bonchev–Trinajstić information content (AvgIpc) is 2.84. The molecule has 5 nitrogen and oxygen atoms in total. The summed E-state index contributed by atoms with van der Waals surface area (Å²) in [5.74, 6) is 0. The molecule has 2 aliphatic heterocycles. The van der Waals surface area contributed by atoms with Gasteiger partial charge in [-0.05, 0) is 74.6 Å². The standard InChI is InChI=1S/C18H25NO4S2/c1-24(20,21)18-11-15-7-8-16(12-18)19(15)25(22,23)17-9-6-13-4-2-3-5-14(13)10-17/h6,9-10,15-16,18H,2-5,7-8,11-12H2,1H3. The highest BCUT2D eigenvalue weighted by Gasteiger charge is 2.49. The lowest BCUT2D eigenvalue weighted by Gasteiger charge is -2.37. The fraction of sp³-hybridized carbons (Fsp3) is 0.667. The van der Waals surface area contributed by atoms with Gasteiger partial charge in [0.15, 0.2) is 0 Å². The molecule has 1 aromatic rings. The molecular formula is C18H25NO4S2. The highest BCUT2D eigenvalue weighted by Crippen LogP contribution is 2.42. The monoisotopic (exact) mass is 383 g/mol. The molecule has 0 N–H and O–H groups in total. The quantitative estimate of drug-likeness (QED) is 0.803. The Balaban J connectivity index is 1.66. The van der Waals surface area contributed by atoms with Crippen molar-refractivity contribution in [1.82, 2.24) is 4.31 Å². The Morgan fingerprint density at radius 3 is 2.12 bits per heavy atom. The molecule has 0 spiro atoms. The smallest absolute Gasteiger partial charge is 0.229 e. The number of benzene rings is 1. The molecule has 3 aliphatic rings. The van der Waals surface area contributed by atoms with Crippen molar-refractivity contribution in [3.63, 3.8) is 0 Å². The second-order valence-electron chi connectivity index (χ2n) is 7.78. The third-order valence-corrected chi connectivity index (χ3v) is 9.72. The molecule has 2 unspecified atom stereocenters. The van der Waals surface area contributed by atoms with Crippen molar-refractivity contribution in [2.75, 3.05) is 6.26 Å². The summed E-state index contributed by atoms with van der Waals surface area (Å²) in [6.45, 7) is 0. The van der Waals surface area contributed by atoms with Crippen molar-refractivity contribution >= 4 is 19.9 Å². The Morgan fingerprint density at radius 2 is 1.52 bits per heavy atom. The Labute approximate surface area is 150 Å². The van der Waals surface area contributed by atoms with Crippen LogP contribution in [0.4, 0.5) is 0 Å². The highest BCUT2D eigenvalue weighted by molar-refractivity contribution is 7.91. The molecule has 0 saturated carbocycles. The van der Waals surface area contributed by atoms with Crippen LogP contribution < -0.4 is 0 Å². The maximum absolute atomic E-state index is 13.3. The van der Waals surface area contributed by atoms with Crippen LogP contribution >= 0.6 is 0 Å². The van der Waals surface area contributed by atoms with Crippen LogP contribution in [0.25, 0.3) is 0 Å². The Bertz CT molecular complexity index is 878. The number of sulfonamides is 1. The third-order valence-electron chi connectivity index (χ3n) is 6.12. The Morgan fingerprint density at radius 1 is 0.920 bits per heavy atom. The minimum Gasteiger partial charge on any atom is -0.229 e. The Hall–Kier alpha value is -0.920. The topological polar surface area (TPSA) is 71.5 Å². The van der Waals surface area contributed by atoms with Gasteiger partial charge in [0, 0.05) is 18.3 Å². The molecule has 138 valence electrons. The van der Waals surface area contributed by atoms with Gasteiger partial charge in [-0.1, -0.05) is 6.07 Å². The van der Waals surface area contributed by atoms with E-state index < -0.39 is 25.1 Å². The molecule has 1 aromatic carbocycles. The zero-order valence-electron chi connectivity index (χ0n) is 14.5. The molecule has 0 amide bonds. The van der Waals surface area contributed by atoms with Crippen molar-refractivity contribution in [3.05, 3.63) is 29.3 Å². The van der Waals surface area contributed by atoms with E-state index in [-0.39, 0.29) is 12.1 Å². The van der Waals surface area contributed by atoms with Crippen molar-refractivity contribution in [2.45, 2.75) is 73.6 Å². The van der Waals surface area contributed by atoms with E-state index in [0.29, 0.717) is 17.7 Å². The lowest BCUT2D eigenvalue weighted by molar-refractivity contribution is 0.249. The lowest BCUT2D eigenvalue weighted by atomic mass is 9.92. The lowest BCUT2D eigenvalue weighted by Crippen LogP contribution is -2.49. The van der Waals surface area contributed by atoms with E-state index in [0.717, 1.165) is 37.7 Å². The van der Waals surface area contributed by atoms with Gasteiger partial charge in [0.1, 0.15) is 9.84 Å². The molecule has 2 bridgehead atoms. The van der Waals surface area contributed by atoms with Crippen molar-refractivity contribution in [2.24, 2.45) is 0 Å².